The number of Topliss-reactive ketones (excluding diaryl/α,β-unsaturated/α-hetero) is 1. The van der Waals surface area contributed by atoms with Crippen molar-refractivity contribution in [2.75, 3.05) is 39.3 Å². The topological polar surface area (TPSA) is 99.8 Å². The molecule has 0 spiro atoms. The number of nitrogens with one attached hydrogen (secondary N) is 1. The summed E-state index contributed by atoms with van der Waals surface area (Å²) in [5.41, 5.74) is 1.98. The summed E-state index contributed by atoms with van der Waals surface area (Å²) in [6.07, 6.45) is 0. The number of esters is 1. The fraction of sp³-hybridized carbons (Fsp3) is 0.360. The summed E-state index contributed by atoms with van der Waals surface area (Å²) in [6.45, 7) is 7.12. The zero-order valence-electron chi connectivity index (χ0n) is 19.6. The number of rotatable bonds is 7. The Balaban J connectivity index is 1.41. The molecule has 180 valence electrons. The summed E-state index contributed by atoms with van der Waals surface area (Å²) in [6, 6.07) is 12.8. The van der Waals surface area contributed by atoms with Crippen LogP contribution in [0.2, 0.25) is 0 Å². The van der Waals surface area contributed by atoms with Crippen LogP contribution in [0.1, 0.15) is 39.0 Å². The summed E-state index contributed by atoms with van der Waals surface area (Å²) < 4.78 is 32.9. The zero-order chi connectivity index (χ0) is 24.5. The number of hydrogen-bond donors (Lipinski definition) is 1. The Labute approximate surface area is 199 Å². The number of ether oxygens (including phenoxy) is 1. The van der Waals surface area contributed by atoms with E-state index in [1.165, 1.54) is 4.31 Å². The quantitative estimate of drug-likeness (QED) is 0.409. The third kappa shape index (κ3) is 4.64. The molecule has 1 aliphatic rings. The van der Waals surface area contributed by atoms with Gasteiger partial charge in [-0.05, 0) is 49.2 Å². The molecule has 3 aromatic rings. The van der Waals surface area contributed by atoms with E-state index in [2.05, 4.69) is 4.98 Å². The lowest BCUT2D eigenvalue weighted by Gasteiger charge is -2.33. The molecule has 8 nitrogen and oxygen atoms in total. The Morgan fingerprint density at radius 3 is 2.35 bits per heavy atom. The van der Waals surface area contributed by atoms with E-state index in [0.29, 0.717) is 48.7 Å². The SMILES string of the molecule is CCOC(=O)c1c(C)[nH]c(C(=O)CN2CCN(S(=O)(=O)c3ccc4ccccc4c3)CC2)c1C. The largest absolute Gasteiger partial charge is 0.462 e. The van der Waals surface area contributed by atoms with Gasteiger partial charge in [0.05, 0.1) is 29.3 Å². The van der Waals surface area contributed by atoms with Crippen molar-refractivity contribution >= 4 is 32.5 Å². The van der Waals surface area contributed by atoms with E-state index in [-0.39, 0.29) is 23.8 Å². The first-order valence-electron chi connectivity index (χ1n) is 11.3. The van der Waals surface area contributed by atoms with Crippen molar-refractivity contribution < 1.29 is 22.7 Å². The number of hydrogen-bond acceptors (Lipinski definition) is 6. The lowest BCUT2D eigenvalue weighted by molar-refractivity contribution is 0.0525. The fourth-order valence-corrected chi connectivity index (χ4v) is 5.88. The Kier molecular flexibility index (Phi) is 6.88. The van der Waals surface area contributed by atoms with Gasteiger partial charge in [-0.25, -0.2) is 13.2 Å². The van der Waals surface area contributed by atoms with Gasteiger partial charge >= 0.3 is 5.97 Å². The minimum atomic E-state index is -3.62. The highest BCUT2D eigenvalue weighted by Gasteiger charge is 2.30. The second-order valence-electron chi connectivity index (χ2n) is 8.46. The molecule has 1 aromatic heterocycles. The third-order valence-electron chi connectivity index (χ3n) is 6.25. The number of aryl methyl sites for hydroxylation is 1. The molecule has 2 aromatic carbocycles. The maximum absolute atomic E-state index is 13.2. The van der Waals surface area contributed by atoms with E-state index in [9.17, 15) is 18.0 Å². The van der Waals surface area contributed by atoms with Crippen LogP contribution in [0.15, 0.2) is 47.4 Å². The number of piperazine rings is 1. The first-order valence-corrected chi connectivity index (χ1v) is 12.8. The number of nitrogens with zero attached hydrogens (tertiary/aromatic N) is 2. The zero-order valence-corrected chi connectivity index (χ0v) is 20.4. The van der Waals surface area contributed by atoms with E-state index in [0.717, 1.165) is 10.8 Å². The van der Waals surface area contributed by atoms with Gasteiger partial charge in [-0.2, -0.15) is 4.31 Å². The maximum atomic E-state index is 13.2. The van der Waals surface area contributed by atoms with Gasteiger partial charge < -0.3 is 9.72 Å². The van der Waals surface area contributed by atoms with Crippen LogP contribution in [0.5, 0.6) is 0 Å². The Morgan fingerprint density at radius 2 is 1.68 bits per heavy atom. The van der Waals surface area contributed by atoms with Gasteiger partial charge in [0.1, 0.15) is 0 Å². The summed E-state index contributed by atoms with van der Waals surface area (Å²) in [5, 5.41) is 1.87. The average molecular weight is 484 g/mol. The first kappa shape index (κ1) is 24.1. The second-order valence-corrected chi connectivity index (χ2v) is 10.4. The maximum Gasteiger partial charge on any atom is 0.340 e. The number of aromatic amines is 1. The van der Waals surface area contributed by atoms with Crippen LogP contribution < -0.4 is 0 Å². The van der Waals surface area contributed by atoms with E-state index >= 15 is 0 Å². The van der Waals surface area contributed by atoms with Crippen molar-refractivity contribution in [3.8, 4) is 0 Å². The van der Waals surface area contributed by atoms with Crippen LogP contribution in [-0.2, 0) is 14.8 Å². The molecule has 1 fully saturated rings. The molecule has 0 atom stereocenters. The summed E-state index contributed by atoms with van der Waals surface area (Å²) in [7, 11) is -3.62. The molecule has 1 saturated heterocycles. The molecule has 0 unspecified atom stereocenters. The number of H-pyrrole nitrogens is 1. The van der Waals surface area contributed by atoms with Crippen molar-refractivity contribution in [2.24, 2.45) is 0 Å². The van der Waals surface area contributed by atoms with Crippen molar-refractivity contribution in [2.45, 2.75) is 25.7 Å². The highest BCUT2D eigenvalue weighted by Crippen LogP contribution is 2.24. The van der Waals surface area contributed by atoms with Crippen LogP contribution in [0.4, 0.5) is 0 Å². The molecule has 9 heteroatoms. The smallest absolute Gasteiger partial charge is 0.340 e. The highest BCUT2D eigenvalue weighted by molar-refractivity contribution is 7.89. The molecule has 4 rings (SSSR count). The molecule has 0 amide bonds. The molecule has 1 N–H and O–H groups in total. The van der Waals surface area contributed by atoms with Crippen molar-refractivity contribution in [3.05, 3.63) is 65.0 Å². The van der Waals surface area contributed by atoms with Gasteiger partial charge in [-0.3, -0.25) is 9.69 Å². The highest BCUT2D eigenvalue weighted by atomic mass is 32.2. The molecule has 0 bridgehead atoms. The van der Waals surface area contributed by atoms with E-state index in [4.69, 9.17) is 4.74 Å². The number of carbonyl (C=O) groups excluding carboxylic acids is 2. The van der Waals surface area contributed by atoms with Gasteiger partial charge in [0.15, 0.2) is 5.78 Å². The van der Waals surface area contributed by atoms with Gasteiger partial charge in [0, 0.05) is 31.9 Å². The molecule has 34 heavy (non-hydrogen) atoms. The van der Waals surface area contributed by atoms with Crippen LogP contribution in [0.3, 0.4) is 0 Å². The monoisotopic (exact) mass is 483 g/mol. The van der Waals surface area contributed by atoms with Gasteiger partial charge in [0.25, 0.3) is 0 Å². The minimum Gasteiger partial charge on any atom is -0.462 e. The van der Waals surface area contributed by atoms with E-state index in [1.54, 1.807) is 32.9 Å². The predicted molar refractivity (Wildman–Crippen MR) is 130 cm³/mol. The number of benzene rings is 2. The van der Waals surface area contributed by atoms with E-state index < -0.39 is 16.0 Å². The van der Waals surface area contributed by atoms with Crippen LogP contribution in [0, 0.1) is 13.8 Å². The van der Waals surface area contributed by atoms with Gasteiger partial charge in [-0.1, -0.05) is 30.3 Å². The second kappa shape index (κ2) is 9.69. The number of carbonyl (C=O) groups is 2. The fourth-order valence-electron chi connectivity index (χ4n) is 4.43. The lowest BCUT2D eigenvalue weighted by atomic mass is 10.1. The summed E-state index contributed by atoms with van der Waals surface area (Å²) in [4.78, 5) is 30.4. The predicted octanol–water partition coefficient (Wildman–Crippen LogP) is 3.15. The van der Waals surface area contributed by atoms with Gasteiger partial charge in [-0.15, -0.1) is 0 Å². The van der Waals surface area contributed by atoms with Crippen molar-refractivity contribution in [1.82, 2.24) is 14.2 Å². The third-order valence-corrected chi connectivity index (χ3v) is 8.15. The van der Waals surface area contributed by atoms with Crippen LogP contribution in [-0.4, -0.2) is 73.7 Å². The Morgan fingerprint density at radius 1 is 1.00 bits per heavy atom. The van der Waals surface area contributed by atoms with Crippen molar-refractivity contribution in [3.63, 3.8) is 0 Å². The number of ketones is 1. The molecule has 1 aliphatic heterocycles. The van der Waals surface area contributed by atoms with Gasteiger partial charge in [0.2, 0.25) is 10.0 Å². The van der Waals surface area contributed by atoms with E-state index in [1.807, 2.05) is 35.2 Å². The molecule has 0 radical (unpaired) electrons. The lowest BCUT2D eigenvalue weighted by Crippen LogP contribution is -2.49. The minimum absolute atomic E-state index is 0.137. The van der Waals surface area contributed by atoms with Crippen molar-refractivity contribution in [1.29, 1.82) is 0 Å². The van der Waals surface area contributed by atoms with Crippen LogP contribution >= 0.6 is 0 Å². The molecule has 0 aliphatic carbocycles. The normalized spacial score (nSPS) is 15.5. The van der Waals surface area contributed by atoms with Crippen LogP contribution in [0.25, 0.3) is 10.8 Å². The number of sulfonamides is 1. The Hall–Kier alpha value is -3.01. The molecule has 0 saturated carbocycles. The molecule has 2 heterocycles. The Bertz CT molecular complexity index is 1340. The summed E-state index contributed by atoms with van der Waals surface area (Å²) >= 11 is 0. The number of aromatic nitrogens is 1. The molecular formula is C25H29N3O5S. The summed E-state index contributed by atoms with van der Waals surface area (Å²) in [5.74, 6) is -0.581. The standard InChI is InChI=1S/C25H29N3O5S/c1-4-33-25(30)23-17(2)24(26-18(23)3)22(29)16-27-11-13-28(14-12-27)34(31,32)21-10-9-19-7-5-6-8-20(19)15-21/h5-10,15,26H,4,11-14,16H2,1-3H3. The average Bonchev–Trinajstić information content (AvgIpc) is 3.13. The number of fused-ring (bicyclic) bond motifs is 1. The molecular weight excluding hydrogens is 454 g/mol. The first-order chi connectivity index (χ1) is 16.2.